The largest absolute Gasteiger partial charge is 0.488 e. The van der Waals surface area contributed by atoms with Gasteiger partial charge in [0.25, 0.3) is 10.0 Å². The number of hydrogen-bond acceptors (Lipinski definition) is 5. The number of sulfonamides is 1. The third-order valence-corrected chi connectivity index (χ3v) is 8.40. The summed E-state index contributed by atoms with van der Waals surface area (Å²) in [7, 11) is -2.16. The van der Waals surface area contributed by atoms with Crippen molar-refractivity contribution in [2.75, 3.05) is 24.9 Å². The maximum atomic E-state index is 13.3. The maximum Gasteiger partial charge on any atom is 0.419 e. The van der Waals surface area contributed by atoms with Crippen molar-refractivity contribution in [2.45, 2.75) is 22.9 Å². The fourth-order valence-corrected chi connectivity index (χ4v) is 6.10. The molecule has 0 unspecified atom stereocenters. The summed E-state index contributed by atoms with van der Waals surface area (Å²) in [6.45, 7) is 1.21. The molecule has 0 spiro atoms. The predicted molar refractivity (Wildman–Crippen MR) is 106 cm³/mol. The molecule has 0 radical (unpaired) electrons. The van der Waals surface area contributed by atoms with Gasteiger partial charge in [0.05, 0.1) is 11.3 Å². The fraction of sp³-hybridized carbons (Fsp3) is 0.375. The molecule has 12 heteroatoms. The van der Waals surface area contributed by atoms with Gasteiger partial charge in [-0.05, 0) is 47.6 Å². The topological polar surface area (TPSA) is 58.6 Å². The molecule has 1 fully saturated rings. The van der Waals surface area contributed by atoms with Crippen molar-refractivity contribution < 1.29 is 26.3 Å². The summed E-state index contributed by atoms with van der Waals surface area (Å²) in [5.41, 5.74) is -0.984. The third-order valence-electron chi connectivity index (χ3n) is 4.07. The highest BCUT2D eigenvalue weighted by Gasteiger charge is 2.36. The van der Waals surface area contributed by atoms with E-state index in [9.17, 15) is 21.6 Å². The Morgan fingerprint density at radius 2 is 2.07 bits per heavy atom. The Kier molecular flexibility index (Phi) is 6.21. The van der Waals surface area contributed by atoms with Crippen molar-refractivity contribution in [3.63, 3.8) is 0 Å². The van der Waals surface area contributed by atoms with E-state index in [4.69, 9.17) is 16.3 Å². The number of hydrogen-bond donors (Lipinski definition) is 1. The van der Waals surface area contributed by atoms with Gasteiger partial charge in [0, 0.05) is 23.6 Å². The molecule has 5 nitrogen and oxygen atoms in total. The van der Waals surface area contributed by atoms with Gasteiger partial charge in [0.15, 0.2) is 0 Å². The Morgan fingerprint density at radius 1 is 1.36 bits per heavy atom. The highest BCUT2D eigenvalue weighted by Crippen LogP contribution is 2.40. The number of anilines is 1. The van der Waals surface area contributed by atoms with Crippen LogP contribution in [0.1, 0.15) is 12.0 Å². The fourth-order valence-electron chi connectivity index (χ4n) is 2.75. The Bertz CT molecular complexity index is 962. The number of halogens is 5. The Morgan fingerprint density at radius 3 is 2.61 bits per heavy atom. The van der Waals surface area contributed by atoms with Crippen molar-refractivity contribution >= 4 is 54.6 Å². The lowest BCUT2D eigenvalue weighted by molar-refractivity contribution is -0.139. The first-order valence-electron chi connectivity index (χ1n) is 8.00. The minimum atomic E-state index is -4.62. The number of likely N-dealkylation sites (N-methyl/N-ethyl adjacent to an activating group) is 1. The number of nitrogens with zero attached hydrogens (tertiary/aromatic N) is 1. The normalized spacial score (nSPS) is 18.4. The first-order chi connectivity index (χ1) is 13.0. The highest BCUT2D eigenvalue weighted by atomic mass is 79.9. The average molecular weight is 520 g/mol. The second-order valence-electron chi connectivity index (χ2n) is 6.29. The Balaban J connectivity index is 1.90. The summed E-state index contributed by atoms with van der Waals surface area (Å²) in [6.07, 6.45) is -4.43. The summed E-state index contributed by atoms with van der Waals surface area (Å²) >= 11 is 9.83. The van der Waals surface area contributed by atoms with Gasteiger partial charge in [0.1, 0.15) is 20.4 Å². The van der Waals surface area contributed by atoms with E-state index in [-0.39, 0.29) is 14.2 Å². The first-order valence-corrected chi connectivity index (χ1v) is 11.5. The molecule has 1 saturated heterocycles. The van der Waals surface area contributed by atoms with Crippen LogP contribution in [0.3, 0.4) is 0 Å². The SMILES string of the molecule is CN1CC[C@@H](Oc2cc(NS(=O)(=O)c3cc(Br)c(Cl)s3)ccc2C(F)(F)F)C1. The van der Waals surface area contributed by atoms with Gasteiger partial charge < -0.3 is 9.64 Å². The van der Waals surface area contributed by atoms with Crippen molar-refractivity contribution in [1.29, 1.82) is 0 Å². The van der Waals surface area contributed by atoms with Gasteiger partial charge in [0.2, 0.25) is 0 Å². The van der Waals surface area contributed by atoms with E-state index in [1.54, 1.807) is 0 Å². The first kappa shape index (κ1) is 21.7. The highest BCUT2D eigenvalue weighted by molar-refractivity contribution is 9.10. The number of nitrogens with one attached hydrogen (secondary N) is 1. The van der Waals surface area contributed by atoms with E-state index in [1.807, 2.05) is 11.9 Å². The summed E-state index contributed by atoms with van der Waals surface area (Å²) in [5, 5.41) is 0. The lowest BCUT2D eigenvalue weighted by Crippen LogP contribution is -2.23. The van der Waals surface area contributed by atoms with Gasteiger partial charge in [-0.25, -0.2) is 8.42 Å². The zero-order valence-electron chi connectivity index (χ0n) is 14.4. The van der Waals surface area contributed by atoms with E-state index in [0.717, 1.165) is 29.5 Å². The summed E-state index contributed by atoms with van der Waals surface area (Å²) in [4.78, 5) is 1.95. The van der Waals surface area contributed by atoms with Crippen LogP contribution >= 0.6 is 38.9 Å². The predicted octanol–water partition coefficient (Wildman–Crippen LogP) is 5.07. The molecular formula is C16H15BrClF3N2O3S2. The van der Waals surface area contributed by atoms with E-state index in [2.05, 4.69) is 20.7 Å². The third kappa shape index (κ3) is 4.93. The Hall–Kier alpha value is -1.01. The number of rotatable bonds is 5. The maximum absolute atomic E-state index is 13.3. The van der Waals surface area contributed by atoms with Crippen LogP contribution in [0.4, 0.5) is 18.9 Å². The monoisotopic (exact) mass is 518 g/mol. The summed E-state index contributed by atoms with van der Waals surface area (Å²) in [6, 6.07) is 4.25. The molecule has 1 aliphatic rings. The summed E-state index contributed by atoms with van der Waals surface area (Å²) < 4.78 is 73.4. The zero-order valence-corrected chi connectivity index (χ0v) is 18.4. The van der Waals surface area contributed by atoms with Gasteiger partial charge in [-0.3, -0.25) is 4.72 Å². The van der Waals surface area contributed by atoms with Crippen LogP contribution in [0.15, 0.2) is 32.9 Å². The number of likely N-dealkylation sites (tertiary alicyclic amines) is 1. The molecule has 1 aromatic carbocycles. The van der Waals surface area contributed by atoms with E-state index >= 15 is 0 Å². The van der Waals surface area contributed by atoms with Crippen molar-refractivity contribution in [1.82, 2.24) is 4.90 Å². The molecule has 0 aliphatic carbocycles. The molecule has 3 rings (SSSR count). The number of thiophene rings is 1. The van der Waals surface area contributed by atoms with Crippen molar-refractivity contribution in [3.8, 4) is 5.75 Å². The summed E-state index contributed by atoms with van der Waals surface area (Å²) in [5.74, 6) is -0.404. The molecule has 0 bridgehead atoms. The van der Waals surface area contributed by atoms with Crippen LogP contribution in [0.2, 0.25) is 4.34 Å². The lowest BCUT2D eigenvalue weighted by atomic mass is 10.1. The standard InChI is InChI=1S/C16H15BrClF3N2O3S2/c1-23-5-4-10(8-23)26-13-6-9(2-3-11(13)16(19,20)21)22-28(24,25)14-7-12(17)15(18)27-14/h2-3,6-7,10,22H,4-5,8H2,1H3/t10-/m1/s1. The Labute approximate surface area is 177 Å². The zero-order chi connectivity index (χ0) is 20.7. The van der Waals surface area contributed by atoms with Gasteiger partial charge >= 0.3 is 6.18 Å². The molecule has 0 amide bonds. The van der Waals surface area contributed by atoms with Gasteiger partial charge in [-0.15, -0.1) is 11.3 Å². The van der Waals surface area contributed by atoms with Gasteiger partial charge in [-0.1, -0.05) is 11.6 Å². The van der Waals surface area contributed by atoms with Crippen LogP contribution in [0.5, 0.6) is 5.75 Å². The average Bonchev–Trinajstić information content (AvgIpc) is 3.12. The lowest BCUT2D eigenvalue weighted by Gasteiger charge is -2.19. The van der Waals surface area contributed by atoms with E-state index < -0.39 is 33.6 Å². The van der Waals surface area contributed by atoms with Crippen LogP contribution in [0, 0.1) is 0 Å². The van der Waals surface area contributed by atoms with Gasteiger partial charge in [-0.2, -0.15) is 13.2 Å². The molecule has 2 aromatic rings. The second-order valence-corrected chi connectivity index (χ2v) is 10.7. The molecule has 1 atom stereocenters. The molecule has 1 aliphatic heterocycles. The molecule has 2 heterocycles. The number of benzene rings is 1. The van der Waals surface area contributed by atoms with E-state index in [0.29, 0.717) is 24.0 Å². The molecule has 154 valence electrons. The van der Waals surface area contributed by atoms with Crippen LogP contribution in [-0.4, -0.2) is 39.6 Å². The van der Waals surface area contributed by atoms with Crippen molar-refractivity contribution in [3.05, 3.63) is 38.6 Å². The van der Waals surface area contributed by atoms with E-state index in [1.165, 1.54) is 6.07 Å². The number of ether oxygens (including phenoxy) is 1. The molecule has 0 saturated carbocycles. The molecule has 1 aromatic heterocycles. The van der Waals surface area contributed by atoms with Crippen LogP contribution in [-0.2, 0) is 16.2 Å². The van der Waals surface area contributed by atoms with Crippen molar-refractivity contribution in [2.24, 2.45) is 0 Å². The minimum Gasteiger partial charge on any atom is -0.488 e. The minimum absolute atomic E-state index is 0.0324. The number of alkyl halides is 3. The molecule has 1 N–H and O–H groups in total. The second kappa shape index (κ2) is 8.02. The molecule has 28 heavy (non-hydrogen) atoms. The smallest absolute Gasteiger partial charge is 0.419 e. The van der Waals surface area contributed by atoms with Crippen LogP contribution < -0.4 is 9.46 Å². The van der Waals surface area contributed by atoms with Crippen LogP contribution in [0.25, 0.3) is 0 Å². The quantitative estimate of drug-likeness (QED) is 0.600. The molecular weight excluding hydrogens is 505 g/mol.